The number of allylic oxidation sites excluding steroid dienone is 1. The summed E-state index contributed by atoms with van der Waals surface area (Å²) in [7, 11) is 0. The van der Waals surface area contributed by atoms with E-state index in [0.29, 0.717) is 18.2 Å². The zero-order valence-electron chi connectivity index (χ0n) is 17.6. The van der Waals surface area contributed by atoms with E-state index in [9.17, 15) is 9.90 Å². The number of nitrogens with zero attached hydrogens (tertiary/aromatic N) is 4. The van der Waals surface area contributed by atoms with Crippen LogP contribution in [0.15, 0.2) is 41.8 Å². The van der Waals surface area contributed by atoms with Crippen LogP contribution in [0.1, 0.15) is 36.5 Å². The van der Waals surface area contributed by atoms with Gasteiger partial charge in [-0.2, -0.15) is 5.10 Å². The molecule has 0 spiro atoms. The van der Waals surface area contributed by atoms with Crippen LogP contribution >= 0.6 is 0 Å². The fourth-order valence-corrected chi connectivity index (χ4v) is 3.32. The van der Waals surface area contributed by atoms with Gasteiger partial charge in [-0.3, -0.25) is 14.8 Å². The molecule has 9 nitrogen and oxygen atoms in total. The third-order valence-electron chi connectivity index (χ3n) is 4.94. The molecule has 0 unspecified atom stereocenters. The molecule has 1 aliphatic heterocycles. The number of aliphatic hydroxyl groups excluding tert-OH is 1. The molecule has 3 rings (SSSR count). The number of aliphatic hydroxyl groups is 1. The number of aryl methyl sites for hydroxylation is 1. The van der Waals surface area contributed by atoms with E-state index in [4.69, 9.17) is 0 Å². The summed E-state index contributed by atoms with van der Waals surface area (Å²) in [6, 6.07) is 3.38. The van der Waals surface area contributed by atoms with E-state index in [1.54, 1.807) is 6.07 Å². The lowest BCUT2D eigenvalue weighted by Gasteiger charge is -2.30. The van der Waals surface area contributed by atoms with Gasteiger partial charge in [-0.25, -0.2) is 9.97 Å². The Morgan fingerprint density at radius 1 is 1.33 bits per heavy atom. The predicted molar refractivity (Wildman–Crippen MR) is 116 cm³/mol. The molecule has 0 saturated carbocycles. The van der Waals surface area contributed by atoms with Gasteiger partial charge < -0.3 is 15.7 Å². The van der Waals surface area contributed by atoms with Crippen molar-refractivity contribution in [1.29, 1.82) is 0 Å². The molecule has 0 aliphatic carbocycles. The van der Waals surface area contributed by atoms with Gasteiger partial charge in [0.1, 0.15) is 17.8 Å². The standard InChI is InChI=1S/C21H29N7O2/c1-4-5-16-11-28(7-6-14(16)2)12-17(29)10-22-21(30)18-9-19(24-13-23-18)25-20-8-15(3)26-27-20/h4-5,8-9,13,17,29H,6-7,10-12H2,1-3H3,(H,22,30)(H2,23,24,25,26,27)/b5-4-/t17-/m0/s1. The van der Waals surface area contributed by atoms with Gasteiger partial charge in [0.2, 0.25) is 0 Å². The highest BCUT2D eigenvalue weighted by molar-refractivity contribution is 5.92. The van der Waals surface area contributed by atoms with Crippen molar-refractivity contribution in [2.24, 2.45) is 0 Å². The van der Waals surface area contributed by atoms with Gasteiger partial charge in [-0.15, -0.1) is 0 Å². The van der Waals surface area contributed by atoms with E-state index in [1.807, 2.05) is 26.0 Å². The van der Waals surface area contributed by atoms with E-state index in [1.165, 1.54) is 17.5 Å². The Balaban J connectivity index is 1.50. The number of carbonyl (C=O) groups is 1. The summed E-state index contributed by atoms with van der Waals surface area (Å²) in [6.45, 7) is 8.44. The molecule has 160 valence electrons. The molecule has 9 heteroatoms. The molecule has 1 atom stereocenters. The number of hydrogen-bond acceptors (Lipinski definition) is 7. The molecule has 1 aliphatic rings. The number of H-pyrrole nitrogens is 1. The van der Waals surface area contributed by atoms with Crippen LogP contribution in [0.3, 0.4) is 0 Å². The van der Waals surface area contributed by atoms with Crippen LogP contribution in [0.25, 0.3) is 0 Å². The zero-order chi connectivity index (χ0) is 21.5. The van der Waals surface area contributed by atoms with Crippen LogP contribution in [0, 0.1) is 6.92 Å². The van der Waals surface area contributed by atoms with E-state index in [2.05, 4.69) is 48.7 Å². The number of rotatable bonds is 8. The summed E-state index contributed by atoms with van der Waals surface area (Å²) < 4.78 is 0. The molecule has 30 heavy (non-hydrogen) atoms. The van der Waals surface area contributed by atoms with Crippen LogP contribution < -0.4 is 10.6 Å². The predicted octanol–water partition coefficient (Wildman–Crippen LogP) is 1.94. The van der Waals surface area contributed by atoms with Crippen molar-refractivity contribution in [1.82, 2.24) is 30.4 Å². The first-order chi connectivity index (χ1) is 14.4. The Morgan fingerprint density at radius 2 is 2.17 bits per heavy atom. The first-order valence-corrected chi connectivity index (χ1v) is 10.1. The largest absolute Gasteiger partial charge is 0.390 e. The maximum atomic E-state index is 12.4. The summed E-state index contributed by atoms with van der Waals surface area (Å²) in [6.07, 6.45) is 5.81. The lowest BCUT2D eigenvalue weighted by molar-refractivity contribution is 0.0860. The Labute approximate surface area is 176 Å². The molecule has 0 radical (unpaired) electrons. The van der Waals surface area contributed by atoms with E-state index >= 15 is 0 Å². The maximum absolute atomic E-state index is 12.4. The van der Waals surface area contributed by atoms with Gasteiger partial charge in [0.25, 0.3) is 5.91 Å². The van der Waals surface area contributed by atoms with Gasteiger partial charge in [-0.1, -0.05) is 17.7 Å². The fraction of sp³-hybridized carbons (Fsp3) is 0.429. The molecule has 0 saturated heterocycles. The van der Waals surface area contributed by atoms with Crippen molar-refractivity contribution in [2.75, 3.05) is 31.5 Å². The summed E-state index contributed by atoms with van der Waals surface area (Å²) in [4.78, 5) is 22.8. The highest BCUT2D eigenvalue weighted by Crippen LogP contribution is 2.18. The van der Waals surface area contributed by atoms with E-state index < -0.39 is 6.10 Å². The molecule has 0 bridgehead atoms. The average Bonchev–Trinajstić information content (AvgIpc) is 3.13. The minimum absolute atomic E-state index is 0.155. The molecule has 3 heterocycles. The number of aromatic nitrogens is 4. The first kappa shape index (κ1) is 21.7. The monoisotopic (exact) mass is 411 g/mol. The Morgan fingerprint density at radius 3 is 2.90 bits per heavy atom. The van der Waals surface area contributed by atoms with Crippen molar-refractivity contribution in [3.8, 4) is 0 Å². The van der Waals surface area contributed by atoms with Crippen molar-refractivity contribution < 1.29 is 9.90 Å². The van der Waals surface area contributed by atoms with Crippen molar-refractivity contribution in [2.45, 2.75) is 33.3 Å². The normalized spacial score (nSPS) is 16.1. The number of aromatic amines is 1. The van der Waals surface area contributed by atoms with Crippen LogP contribution in [0.2, 0.25) is 0 Å². The smallest absolute Gasteiger partial charge is 0.270 e. The number of hydrogen-bond donors (Lipinski definition) is 4. The molecular weight excluding hydrogens is 382 g/mol. The van der Waals surface area contributed by atoms with E-state index in [-0.39, 0.29) is 18.1 Å². The number of amides is 1. The van der Waals surface area contributed by atoms with Gasteiger partial charge in [0, 0.05) is 44.0 Å². The second-order valence-electron chi connectivity index (χ2n) is 7.50. The minimum Gasteiger partial charge on any atom is -0.390 e. The average molecular weight is 412 g/mol. The molecule has 4 N–H and O–H groups in total. The SMILES string of the molecule is C/C=C\C1=C(C)CCN(C[C@@H](O)CNC(=O)c2cc(Nc3cc(C)[nH]n3)ncn2)C1. The zero-order valence-corrected chi connectivity index (χ0v) is 17.6. The quantitative estimate of drug-likeness (QED) is 0.524. The molecule has 0 fully saturated rings. The van der Waals surface area contributed by atoms with E-state index in [0.717, 1.165) is 25.2 Å². The van der Waals surface area contributed by atoms with Crippen LogP contribution in [0.5, 0.6) is 0 Å². The van der Waals surface area contributed by atoms with Gasteiger partial charge in [0.05, 0.1) is 6.10 Å². The molecule has 1 amide bonds. The molecule has 2 aromatic heterocycles. The molecular formula is C21H29N7O2. The Hall–Kier alpha value is -3.04. The molecule has 2 aromatic rings. The van der Waals surface area contributed by atoms with Gasteiger partial charge >= 0.3 is 0 Å². The highest BCUT2D eigenvalue weighted by Gasteiger charge is 2.19. The highest BCUT2D eigenvalue weighted by atomic mass is 16.3. The Kier molecular flexibility index (Phi) is 7.31. The number of nitrogens with one attached hydrogen (secondary N) is 3. The summed E-state index contributed by atoms with van der Waals surface area (Å²) in [5, 5.41) is 23.1. The first-order valence-electron chi connectivity index (χ1n) is 10.1. The van der Waals surface area contributed by atoms with Gasteiger partial charge in [0.15, 0.2) is 5.82 Å². The van der Waals surface area contributed by atoms with Crippen LogP contribution in [-0.2, 0) is 0 Å². The fourth-order valence-electron chi connectivity index (χ4n) is 3.32. The number of β-amino-alcohol motifs (C(OH)–C–C–N with tert-alkyl or cyclic N) is 1. The lowest BCUT2D eigenvalue weighted by Crippen LogP contribution is -2.42. The second-order valence-corrected chi connectivity index (χ2v) is 7.50. The second kappa shape index (κ2) is 10.1. The molecule has 0 aromatic carbocycles. The third-order valence-corrected chi connectivity index (χ3v) is 4.94. The van der Waals surface area contributed by atoms with Crippen LogP contribution in [0.4, 0.5) is 11.6 Å². The lowest BCUT2D eigenvalue weighted by atomic mass is 10.0. The van der Waals surface area contributed by atoms with Crippen molar-refractivity contribution >= 4 is 17.5 Å². The summed E-state index contributed by atoms with van der Waals surface area (Å²) in [5.41, 5.74) is 3.83. The number of carbonyl (C=O) groups excluding carboxylic acids is 1. The summed E-state index contributed by atoms with van der Waals surface area (Å²) >= 11 is 0. The Bertz CT molecular complexity index is 935. The third kappa shape index (κ3) is 5.98. The topological polar surface area (TPSA) is 119 Å². The van der Waals surface area contributed by atoms with Crippen molar-refractivity contribution in [3.63, 3.8) is 0 Å². The van der Waals surface area contributed by atoms with Crippen LogP contribution in [-0.4, -0.2) is 68.4 Å². The van der Waals surface area contributed by atoms with Crippen molar-refractivity contribution in [3.05, 3.63) is 53.1 Å². The summed E-state index contributed by atoms with van der Waals surface area (Å²) in [5.74, 6) is 0.715. The van der Waals surface area contributed by atoms with Gasteiger partial charge in [-0.05, 0) is 32.8 Å². The minimum atomic E-state index is -0.661. The number of anilines is 2. The maximum Gasteiger partial charge on any atom is 0.270 e.